The first kappa shape index (κ1) is 61.6. The van der Waals surface area contributed by atoms with Gasteiger partial charge in [-0.25, -0.2) is 0 Å². The van der Waals surface area contributed by atoms with E-state index in [4.69, 9.17) is 39.2 Å². The highest BCUT2D eigenvalue weighted by Gasteiger charge is 2.51. The Balaban J connectivity index is 0.000000139. The lowest BCUT2D eigenvalue weighted by molar-refractivity contribution is 0.00578. The average molecular weight is 1160 g/mol. The standard InChI is InChI=1S/C26H35O2P.C20H15NO.C17H10ClNO.C9H17BO2.CH4/c1-27-23-17-11-18-24(28-2)26(23)22-16-9-10-19-25(22)29(20-12-5-3-6-13-20)21-14-7-4-8-15-21;1-13(2)14-10-11-18(21-12-14)17-8-5-7-16-15-6-3-4-9-19(15)22-20(16)17;18-11-8-9-15(19-10-11)14-6-3-5-13-12-4-1-2-7-16(12)20-17(13)14;1-7(2)10-11-8(3,4)9(5,6)12-10;/h9-11,16-21H,3-8,12-15H2,1-2H3;3-12H,1H2,2H3;1-10H;1H2,2-6H3;1H4. The summed E-state index contributed by atoms with van der Waals surface area (Å²) in [5.74, 6) is 1.83. The number of benzene rings is 6. The van der Waals surface area contributed by atoms with Crippen LogP contribution in [0.5, 0.6) is 11.5 Å². The quantitative estimate of drug-likeness (QED) is 0.0988. The highest BCUT2D eigenvalue weighted by Crippen LogP contribution is 2.57. The van der Waals surface area contributed by atoms with Crippen LogP contribution in [0.25, 0.3) is 83.1 Å². The van der Waals surface area contributed by atoms with Gasteiger partial charge in [-0.1, -0.05) is 175 Å². The van der Waals surface area contributed by atoms with E-state index in [0.717, 1.165) is 111 Å². The summed E-state index contributed by atoms with van der Waals surface area (Å²) in [5.41, 5.74) is 14.1. The normalized spacial score (nSPS) is 15.8. The third-order valence-corrected chi connectivity index (χ3v) is 20.6. The van der Waals surface area contributed by atoms with Crippen LogP contribution < -0.4 is 14.8 Å². The van der Waals surface area contributed by atoms with Gasteiger partial charge in [0.25, 0.3) is 0 Å². The van der Waals surface area contributed by atoms with E-state index in [1.807, 2.05) is 139 Å². The van der Waals surface area contributed by atoms with Crippen LogP contribution in [0.1, 0.15) is 119 Å². The number of para-hydroxylation sites is 4. The second kappa shape index (κ2) is 27.4. The summed E-state index contributed by atoms with van der Waals surface area (Å²) in [6.07, 6.45) is 17.7. The van der Waals surface area contributed by atoms with Gasteiger partial charge in [0.05, 0.1) is 47.4 Å². The molecular formula is C73H81BClN2O6P. The monoisotopic (exact) mass is 1160 g/mol. The molecule has 8 nitrogen and oxygen atoms in total. The van der Waals surface area contributed by atoms with Gasteiger partial charge in [0.15, 0.2) is 0 Å². The van der Waals surface area contributed by atoms with Crippen LogP contribution in [0.2, 0.25) is 5.02 Å². The van der Waals surface area contributed by atoms with Crippen molar-refractivity contribution in [3.8, 4) is 45.1 Å². The van der Waals surface area contributed by atoms with Gasteiger partial charge in [0.2, 0.25) is 0 Å². The van der Waals surface area contributed by atoms with Gasteiger partial charge >= 0.3 is 7.12 Å². The van der Waals surface area contributed by atoms with E-state index in [2.05, 4.69) is 83.8 Å². The molecule has 1 aliphatic heterocycles. The van der Waals surface area contributed by atoms with Crippen molar-refractivity contribution >= 4 is 81.4 Å². The zero-order valence-electron chi connectivity index (χ0n) is 49.5. The predicted octanol–water partition coefficient (Wildman–Crippen LogP) is 21.0. The lowest BCUT2D eigenvalue weighted by Crippen LogP contribution is -2.41. The lowest BCUT2D eigenvalue weighted by atomic mass is 9.81. The number of allylic oxidation sites excluding steroid dienone is 2. The number of halogens is 1. The van der Waals surface area contributed by atoms with Crippen molar-refractivity contribution in [1.29, 1.82) is 0 Å². The molecule has 434 valence electrons. The summed E-state index contributed by atoms with van der Waals surface area (Å²) in [6, 6.07) is 51.6. The molecule has 1 saturated heterocycles. The first-order valence-corrected chi connectivity index (χ1v) is 31.2. The Morgan fingerprint density at radius 1 is 0.536 bits per heavy atom. The van der Waals surface area contributed by atoms with E-state index in [1.165, 1.54) is 69.8 Å². The average Bonchev–Trinajstić information content (AvgIpc) is 3.83. The van der Waals surface area contributed by atoms with Crippen molar-refractivity contribution in [3.63, 3.8) is 0 Å². The first-order chi connectivity index (χ1) is 40.2. The fourth-order valence-electron chi connectivity index (χ4n) is 11.7. The molecule has 5 heterocycles. The van der Waals surface area contributed by atoms with Crippen molar-refractivity contribution in [2.75, 3.05) is 14.2 Å². The van der Waals surface area contributed by atoms with E-state index >= 15 is 0 Å². The number of aromatic nitrogens is 2. The van der Waals surface area contributed by atoms with Gasteiger partial charge in [-0.2, -0.15) is 0 Å². The topological polar surface area (TPSA) is 89.0 Å². The zero-order valence-corrected chi connectivity index (χ0v) is 51.1. The smallest absolute Gasteiger partial charge is 0.489 e. The fourth-order valence-corrected chi connectivity index (χ4v) is 15.8. The Bertz CT molecular complexity index is 3800. The molecule has 0 atom stereocenters. The highest BCUT2D eigenvalue weighted by atomic mass is 35.5. The summed E-state index contributed by atoms with van der Waals surface area (Å²) in [4.78, 5) is 8.95. The molecule has 13 rings (SSSR count). The molecule has 11 heteroatoms. The zero-order chi connectivity index (χ0) is 58.3. The van der Waals surface area contributed by atoms with Crippen molar-refractivity contribution < 1.29 is 27.6 Å². The van der Waals surface area contributed by atoms with E-state index in [1.54, 1.807) is 25.7 Å². The third kappa shape index (κ3) is 13.4. The van der Waals surface area contributed by atoms with Crippen LogP contribution in [0.3, 0.4) is 0 Å². The van der Waals surface area contributed by atoms with Crippen molar-refractivity contribution in [2.24, 2.45) is 0 Å². The van der Waals surface area contributed by atoms with Crippen LogP contribution in [-0.4, -0.2) is 53.8 Å². The summed E-state index contributed by atoms with van der Waals surface area (Å²) in [6.45, 7) is 19.8. The number of ether oxygens (including phenoxy) is 2. The van der Waals surface area contributed by atoms with Crippen molar-refractivity contribution in [3.05, 3.63) is 193 Å². The molecule has 0 N–H and O–H groups in total. The SMILES string of the molecule is C.C=C(C)B1OC(C)(C)C(C)(C)O1.C=C(C)c1ccc(-c2cccc3c2oc2ccccc23)nc1.COc1cccc(OC)c1-c1ccccc1P(C1CCCCC1)C1CCCCC1.Clc1ccc(-c2cccc3c2oc2ccccc23)nc1. The van der Waals surface area contributed by atoms with Gasteiger partial charge in [-0.05, 0) is 155 Å². The molecule has 2 aliphatic carbocycles. The van der Waals surface area contributed by atoms with Gasteiger partial charge in [-0.15, -0.1) is 6.58 Å². The summed E-state index contributed by atoms with van der Waals surface area (Å²) in [7, 11) is 3.12. The molecule has 6 aromatic carbocycles. The Labute approximate surface area is 504 Å². The summed E-state index contributed by atoms with van der Waals surface area (Å²) in [5, 5.41) is 6.71. The van der Waals surface area contributed by atoms with E-state index < -0.39 is 0 Å². The summed E-state index contributed by atoms with van der Waals surface area (Å²) >= 11 is 5.90. The molecule has 4 aromatic heterocycles. The van der Waals surface area contributed by atoms with Gasteiger partial charge in [0.1, 0.15) is 33.8 Å². The molecule has 0 amide bonds. The maximum absolute atomic E-state index is 6.06. The van der Waals surface area contributed by atoms with Crippen LogP contribution in [0.4, 0.5) is 0 Å². The molecule has 2 saturated carbocycles. The Morgan fingerprint density at radius 3 is 1.42 bits per heavy atom. The number of hydrogen-bond acceptors (Lipinski definition) is 8. The second-order valence-electron chi connectivity index (χ2n) is 23.1. The maximum Gasteiger partial charge on any atom is 0.489 e. The molecule has 0 bridgehead atoms. The van der Waals surface area contributed by atoms with E-state index in [0.29, 0.717) is 5.02 Å². The number of rotatable bonds is 10. The minimum Gasteiger partial charge on any atom is -0.496 e. The molecule has 3 aliphatic rings. The molecule has 10 aromatic rings. The molecule has 3 fully saturated rings. The minimum absolute atomic E-state index is 0. The molecule has 84 heavy (non-hydrogen) atoms. The maximum atomic E-state index is 6.06. The van der Waals surface area contributed by atoms with E-state index in [9.17, 15) is 0 Å². The van der Waals surface area contributed by atoms with Crippen molar-refractivity contribution in [2.45, 2.75) is 136 Å². The summed E-state index contributed by atoms with van der Waals surface area (Å²) < 4.78 is 35.1. The molecule has 0 radical (unpaired) electrons. The predicted molar refractivity (Wildman–Crippen MR) is 357 cm³/mol. The number of nitrogens with zero attached hydrogens (tertiary/aromatic N) is 2. The lowest BCUT2D eigenvalue weighted by Gasteiger charge is -2.39. The van der Waals surface area contributed by atoms with Crippen LogP contribution in [-0.2, 0) is 9.31 Å². The fraction of sp³-hybridized carbons (Fsp3) is 0.315. The minimum atomic E-state index is -0.241. The largest absolute Gasteiger partial charge is 0.496 e. The molecule has 0 spiro atoms. The Morgan fingerprint density at radius 2 is 0.976 bits per heavy atom. The number of furan rings is 2. The van der Waals surface area contributed by atoms with Gasteiger partial charge in [-0.3, -0.25) is 9.97 Å². The third-order valence-electron chi connectivity index (χ3n) is 16.8. The second-order valence-corrected chi connectivity index (χ2v) is 26.3. The van der Waals surface area contributed by atoms with Crippen molar-refractivity contribution in [1.82, 2.24) is 9.97 Å². The van der Waals surface area contributed by atoms with Crippen LogP contribution in [0, 0.1) is 0 Å². The number of fused-ring (bicyclic) bond motifs is 6. The molecule has 0 unspecified atom stereocenters. The highest BCUT2D eigenvalue weighted by molar-refractivity contribution is 7.67. The number of hydrogen-bond donors (Lipinski definition) is 0. The van der Waals surface area contributed by atoms with Gasteiger partial charge < -0.3 is 27.6 Å². The Hall–Kier alpha value is -7.00. The Kier molecular flexibility index (Phi) is 20.1. The van der Waals surface area contributed by atoms with Crippen LogP contribution in [0.15, 0.2) is 192 Å². The number of methoxy groups -OCH3 is 2. The molecular weight excluding hydrogens is 1080 g/mol. The number of pyridine rings is 2. The first-order valence-electron chi connectivity index (χ1n) is 29.3. The van der Waals surface area contributed by atoms with Crippen LogP contribution >= 0.6 is 19.5 Å². The van der Waals surface area contributed by atoms with E-state index in [-0.39, 0.29) is 33.7 Å². The van der Waals surface area contributed by atoms with Gasteiger partial charge in [0, 0.05) is 45.1 Å².